The summed E-state index contributed by atoms with van der Waals surface area (Å²) in [7, 11) is 0. The maximum absolute atomic E-state index is 12.7. The lowest BCUT2D eigenvalue weighted by atomic mass is 10.0. The van der Waals surface area contributed by atoms with E-state index in [1.54, 1.807) is 0 Å². The van der Waals surface area contributed by atoms with Crippen LogP contribution in [0.3, 0.4) is 0 Å². The van der Waals surface area contributed by atoms with Crippen molar-refractivity contribution in [3.8, 4) is 0 Å². The molecule has 1 aromatic carbocycles. The van der Waals surface area contributed by atoms with Gasteiger partial charge in [-0.25, -0.2) is 0 Å². The van der Waals surface area contributed by atoms with Crippen LogP contribution in [-0.2, 0) is 4.79 Å². The first kappa shape index (κ1) is 18.5. The van der Waals surface area contributed by atoms with Crippen LogP contribution in [-0.4, -0.2) is 34.3 Å². The van der Waals surface area contributed by atoms with Gasteiger partial charge in [0.25, 0.3) is 5.91 Å². The minimum absolute atomic E-state index is 0.0298. The van der Waals surface area contributed by atoms with Crippen molar-refractivity contribution in [2.24, 2.45) is 5.73 Å². The molecule has 1 aromatic rings. The van der Waals surface area contributed by atoms with E-state index in [4.69, 9.17) is 5.73 Å². The molecule has 0 radical (unpaired) electrons. The predicted octanol–water partition coefficient (Wildman–Crippen LogP) is 2.61. The molecule has 1 fully saturated rings. The Balaban J connectivity index is 2.06. The summed E-state index contributed by atoms with van der Waals surface area (Å²) in [5.41, 5.74) is 6.87. The Bertz CT molecular complexity index is 596. The van der Waals surface area contributed by atoms with Crippen molar-refractivity contribution in [3.63, 3.8) is 0 Å². The summed E-state index contributed by atoms with van der Waals surface area (Å²) >= 11 is 0. The van der Waals surface area contributed by atoms with Crippen molar-refractivity contribution in [1.29, 1.82) is 0 Å². The maximum Gasteiger partial charge on any atom is 0.254 e. The number of nitrogens with two attached hydrogens (primary N) is 1. The largest absolute Gasteiger partial charge is 0.348 e. The number of rotatable bonds is 6. The summed E-state index contributed by atoms with van der Waals surface area (Å²) in [6.45, 7) is 10.00. The second-order valence-corrected chi connectivity index (χ2v) is 7.37. The van der Waals surface area contributed by atoms with Gasteiger partial charge >= 0.3 is 0 Å². The number of hydrogen-bond donors (Lipinski definition) is 2. The molecule has 132 valence electrons. The van der Waals surface area contributed by atoms with Gasteiger partial charge < -0.3 is 16.0 Å². The van der Waals surface area contributed by atoms with Crippen LogP contribution in [0.2, 0.25) is 0 Å². The van der Waals surface area contributed by atoms with Crippen LogP contribution < -0.4 is 11.1 Å². The third-order valence-corrected chi connectivity index (χ3v) is 4.59. The molecule has 2 rings (SSSR count). The van der Waals surface area contributed by atoms with Crippen LogP contribution in [0.25, 0.3) is 0 Å². The van der Waals surface area contributed by atoms with Gasteiger partial charge in [0.15, 0.2) is 0 Å². The third-order valence-electron chi connectivity index (χ3n) is 4.59. The van der Waals surface area contributed by atoms with E-state index < -0.39 is 5.54 Å². The van der Waals surface area contributed by atoms with E-state index in [1.165, 1.54) is 0 Å². The van der Waals surface area contributed by atoms with Crippen molar-refractivity contribution in [1.82, 2.24) is 10.2 Å². The van der Waals surface area contributed by atoms with Crippen LogP contribution in [0.1, 0.15) is 69.4 Å². The van der Waals surface area contributed by atoms with Gasteiger partial charge in [0, 0.05) is 17.6 Å². The average Bonchev–Trinajstić information content (AvgIpc) is 3.25. The molecule has 0 aromatic heterocycles. The first-order valence-electron chi connectivity index (χ1n) is 8.68. The Morgan fingerprint density at radius 1 is 1.04 bits per heavy atom. The van der Waals surface area contributed by atoms with E-state index in [-0.39, 0.29) is 29.9 Å². The number of amides is 2. The molecule has 0 aliphatic heterocycles. The number of hydrogen-bond acceptors (Lipinski definition) is 3. The van der Waals surface area contributed by atoms with E-state index in [9.17, 15) is 9.59 Å². The van der Waals surface area contributed by atoms with Gasteiger partial charge in [-0.2, -0.15) is 0 Å². The monoisotopic (exact) mass is 331 g/mol. The number of benzene rings is 1. The highest BCUT2D eigenvalue weighted by molar-refractivity contribution is 5.94. The fourth-order valence-electron chi connectivity index (χ4n) is 2.91. The highest BCUT2D eigenvalue weighted by Gasteiger charge is 2.46. The van der Waals surface area contributed by atoms with Crippen LogP contribution in [0.15, 0.2) is 24.3 Å². The van der Waals surface area contributed by atoms with Crippen LogP contribution in [0, 0.1) is 0 Å². The first-order chi connectivity index (χ1) is 11.2. The molecule has 5 heteroatoms. The zero-order valence-corrected chi connectivity index (χ0v) is 15.3. The molecule has 1 atom stereocenters. The van der Waals surface area contributed by atoms with Gasteiger partial charge in [-0.3, -0.25) is 9.59 Å². The Hall–Kier alpha value is -1.88. The Labute approximate surface area is 144 Å². The lowest BCUT2D eigenvalue weighted by Gasteiger charge is -2.31. The molecule has 0 heterocycles. The standard InChI is InChI=1S/C19H29N3O2/c1-12(2)22(13(3)4)17(23)16-8-6-15(7-9-16)14(5)21-18(24)19(20)10-11-19/h6-9,12-14H,10-11,20H2,1-5H3,(H,21,24)/t14-/m1/s1. The van der Waals surface area contributed by atoms with Gasteiger partial charge in [-0.1, -0.05) is 12.1 Å². The molecule has 5 nitrogen and oxygen atoms in total. The van der Waals surface area contributed by atoms with Crippen molar-refractivity contribution < 1.29 is 9.59 Å². The second kappa shape index (κ2) is 6.93. The number of nitrogens with zero attached hydrogens (tertiary/aromatic N) is 1. The number of carbonyl (C=O) groups is 2. The molecule has 0 spiro atoms. The fraction of sp³-hybridized carbons (Fsp3) is 0.579. The zero-order chi connectivity index (χ0) is 18.1. The van der Waals surface area contributed by atoms with Gasteiger partial charge in [0.05, 0.1) is 11.6 Å². The Morgan fingerprint density at radius 3 is 1.96 bits per heavy atom. The molecule has 1 saturated carbocycles. The summed E-state index contributed by atoms with van der Waals surface area (Å²) in [6.07, 6.45) is 1.50. The molecular formula is C19H29N3O2. The van der Waals surface area contributed by atoms with Crippen molar-refractivity contribution >= 4 is 11.8 Å². The Kier molecular flexibility index (Phi) is 5.33. The smallest absolute Gasteiger partial charge is 0.254 e. The minimum atomic E-state index is -0.667. The molecule has 24 heavy (non-hydrogen) atoms. The maximum atomic E-state index is 12.7. The molecule has 0 unspecified atom stereocenters. The predicted molar refractivity (Wildman–Crippen MR) is 95.6 cm³/mol. The molecule has 1 aliphatic carbocycles. The van der Waals surface area contributed by atoms with E-state index in [0.717, 1.165) is 18.4 Å². The summed E-state index contributed by atoms with van der Waals surface area (Å²) in [5.74, 6) is -0.0666. The SMILES string of the molecule is CC(C)N(C(=O)c1ccc([C@@H](C)NC(=O)C2(N)CC2)cc1)C(C)C. The molecular weight excluding hydrogens is 302 g/mol. The molecule has 1 aliphatic rings. The van der Waals surface area contributed by atoms with E-state index in [0.29, 0.717) is 5.56 Å². The van der Waals surface area contributed by atoms with E-state index in [1.807, 2.05) is 63.8 Å². The van der Waals surface area contributed by atoms with Crippen molar-refractivity contribution in [2.75, 3.05) is 0 Å². The topological polar surface area (TPSA) is 75.4 Å². The lowest BCUT2D eigenvalue weighted by molar-refractivity contribution is -0.123. The molecule has 3 N–H and O–H groups in total. The summed E-state index contributed by atoms with van der Waals surface area (Å²) in [4.78, 5) is 26.6. The quantitative estimate of drug-likeness (QED) is 0.841. The van der Waals surface area contributed by atoms with Crippen LogP contribution >= 0.6 is 0 Å². The van der Waals surface area contributed by atoms with Crippen LogP contribution in [0.4, 0.5) is 0 Å². The summed E-state index contributed by atoms with van der Waals surface area (Å²) in [6, 6.07) is 7.61. The number of nitrogens with one attached hydrogen (secondary N) is 1. The van der Waals surface area contributed by atoms with E-state index >= 15 is 0 Å². The third kappa shape index (κ3) is 3.96. The Morgan fingerprint density at radius 2 is 1.54 bits per heavy atom. The normalized spacial score (nSPS) is 16.8. The average molecular weight is 331 g/mol. The highest BCUT2D eigenvalue weighted by atomic mass is 16.2. The number of carbonyl (C=O) groups excluding carboxylic acids is 2. The van der Waals surface area contributed by atoms with Gasteiger partial charge in [0.1, 0.15) is 0 Å². The lowest BCUT2D eigenvalue weighted by Crippen LogP contribution is -2.43. The molecule has 0 saturated heterocycles. The van der Waals surface area contributed by atoms with Crippen molar-refractivity contribution in [2.45, 2.75) is 71.1 Å². The molecule has 2 amide bonds. The fourth-order valence-corrected chi connectivity index (χ4v) is 2.91. The van der Waals surface area contributed by atoms with Gasteiger partial charge in [0.2, 0.25) is 5.91 Å². The van der Waals surface area contributed by atoms with Gasteiger partial charge in [-0.05, 0) is 65.2 Å². The minimum Gasteiger partial charge on any atom is -0.348 e. The molecule has 0 bridgehead atoms. The first-order valence-corrected chi connectivity index (χ1v) is 8.68. The van der Waals surface area contributed by atoms with E-state index in [2.05, 4.69) is 5.32 Å². The summed E-state index contributed by atoms with van der Waals surface area (Å²) < 4.78 is 0. The van der Waals surface area contributed by atoms with Crippen LogP contribution in [0.5, 0.6) is 0 Å². The zero-order valence-electron chi connectivity index (χ0n) is 15.3. The van der Waals surface area contributed by atoms with Crippen molar-refractivity contribution in [3.05, 3.63) is 35.4 Å². The van der Waals surface area contributed by atoms with Gasteiger partial charge in [-0.15, -0.1) is 0 Å². The highest BCUT2D eigenvalue weighted by Crippen LogP contribution is 2.33. The second-order valence-electron chi connectivity index (χ2n) is 7.37. The summed E-state index contributed by atoms with van der Waals surface area (Å²) in [5, 5.41) is 2.95.